The van der Waals surface area contributed by atoms with Crippen LogP contribution in [0, 0.1) is 12.3 Å². The van der Waals surface area contributed by atoms with E-state index in [-0.39, 0.29) is 29.2 Å². The minimum Gasteiger partial charge on any atom is -0.343 e. The van der Waals surface area contributed by atoms with Gasteiger partial charge in [0.2, 0.25) is 0 Å². The molecular weight excluding hydrogens is 463 g/mol. The lowest BCUT2D eigenvalue weighted by Crippen LogP contribution is -2.42. The minimum absolute atomic E-state index is 0.112. The van der Waals surface area contributed by atoms with Gasteiger partial charge in [-0.05, 0) is 63.3 Å². The van der Waals surface area contributed by atoms with E-state index in [1.807, 2.05) is 58.0 Å². The zero-order valence-electron chi connectivity index (χ0n) is 22.4. The first kappa shape index (κ1) is 31.1. The number of nitrogens with zero attached hydrogens (tertiary/aromatic N) is 2. The molecule has 1 fully saturated rings. The second-order valence-electron chi connectivity index (χ2n) is 9.01. The van der Waals surface area contributed by atoms with Gasteiger partial charge in [0, 0.05) is 18.0 Å². The summed E-state index contributed by atoms with van der Waals surface area (Å²) in [5.41, 5.74) is 0.914. The molecule has 7 heteroatoms. The standard InChI is InChI=1S/C23H27F3N2O.C4H7N.C2H6/c1-15-8-6-9-17(14-15)20(22(3)11-4-5-12-22)28-21(29)19-16(2)18(23(24,25)26)10-7-13-27-19;1-3-4-5-2;1-2/h6-9,13-14,20H,4-5,10-12H2,1-3H3,(H,28,29);3-4H,2H2,1H3;1-2H3/b;4-3-;. The maximum absolute atomic E-state index is 13.4. The molecule has 1 aliphatic heterocycles. The molecule has 1 N–H and O–H groups in total. The van der Waals surface area contributed by atoms with Gasteiger partial charge in [0.1, 0.15) is 5.71 Å². The number of hydrogen-bond acceptors (Lipinski definition) is 3. The van der Waals surface area contributed by atoms with Crippen LogP contribution in [0.15, 0.2) is 69.9 Å². The number of aryl methyl sites for hydroxylation is 1. The van der Waals surface area contributed by atoms with Crippen molar-refractivity contribution in [1.29, 1.82) is 0 Å². The first-order valence-corrected chi connectivity index (χ1v) is 12.5. The average molecular weight is 504 g/mol. The van der Waals surface area contributed by atoms with Crippen LogP contribution in [-0.4, -0.2) is 24.5 Å². The van der Waals surface area contributed by atoms with E-state index >= 15 is 0 Å². The molecule has 0 radical (unpaired) electrons. The molecule has 4 nitrogen and oxygen atoms in total. The van der Waals surface area contributed by atoms with Crippen molar-refractivity contribution >= 4 is 18.3 Å². The molecule has 0 bridgehead atoms. The monoisotopic (exact) mass is 503 g/mol. The number of halogens is 3. The van der Waals surface area contributed by atoms with Crippen LogP contribution in [0.5, 0.6) is 0 Å². The molecule has 1 aliphatic carbocycles. The third-order valence-electron chi connectivity index (χ3n) is 6.34. The van der Waals surface area contributed by atoms with E-state index in [2.05, 4.69) is 28.9 Å². The first-order valence-electron chi connectivity index (χ1n) is 12.5. The van der Waals surface area contributed by atoms with Crippen molar-refractivity contribution in [2.45, 2.75) is 85.9 Å². The lowest BCUT2D eigenvalue weighted by molar-refractivity contribution is -0.116. The normalized spacial score (nSPS) is 17.8. The number of allylic oxidation sites excluding steroid dienone is 3. The zero-order chi connectivity index (χ0) is 27.4. The van der Waals surface area contributed by atoms with Gasteiger partial charge < -0.3 is 5.32 Å². The van der Waals surface area contributed by atoms with Crippen LogP contribution in [0.4, 0.5) is 13.2 Å². The summed E-state index contributed by atoms with van der Waals surface area (Å²) < 4.78 is 40.2. The van der Waals surface area contributed by atoms with Crippen LogP contribution in [-0.2, 0) is 4.79 Å². The van der Waals surface area contributed by atoms with Crippen molar-refractivity contribution in [3.05, 3.63) is 71.1 Å². The van der Waals surface area contributed by atoms with E-state index in [0.29, 0.717) is 0 Å². The maximum atomic E-state index is 13.4. The van der Waals surface area contributed by atoms with Gasteiger partial charge in [0.15, 0.2) is 0 Å². The Hall–Kier alpha value is -2.96. The van der Waals surface area contributed by atoms with E-state index in [4.69, 9.17) is 0 Å². The number of alkyl halides is 3. The SMILES string of the molecule is C=N/C=C\C.CC.CC1=C(C(F)(F)F)CC=CN=C1C(=O)NC(c1cccc(C)c1)C1(C)CCCC1. The predicted octanol–water partition coefficient (Wildman–Crippen LogP) is 8.22. The quantitative estimate of drug-likeness (QED) is 0.404. The van der Waals surface area contributed by atoms with Crippen molar-refractivity contribution in [2.75, 3.05) is 0 Å². The van der Waals surface area contributed by atoms with Gasteiger partial charge >= 0.3 is 6.18 Å². The van der Waals surface area contributed by atoms with Crippen molar-refractivity contribution in [3.8, 4) is 0 Å². The highest BCUT2D eigenvalue weighted by Crippen LogP contribution is 2.47. The molecule has 0 aromatic heterocycles. The Labute approximate surface area is 214 Å². The van der Waals surface area contributed by atoms with Crippen molar-refractivity contribution in [3.63, 3.8) is 0 Å². The summed E-state index contributed by atoms with van der Waals surface area (Å²) in [7, 11) is 0. The van der Waals surface area contributed by atoms with Crippen LogP contribution < -0.4 is 5.32 Å². The summed E-state index contributed by atoms with van der Waals surface area (Å²) in [6.07, 6.45) is 5.39. The van der Waals surface area contributed by atoms with Gasteiger partial charge in [-0.15, -0.1) is 0 Å². The smallest absolute Gasteiger partial charge is 0.343 e. The van der Waals surface area contributed by atoms with Crippen LogP contribution >= 0.6 is 0 Å². The molecule has 2 aliphatic rings. The number of carbonyl (C=O) groups excluding carboxylic acids is 1. The van der Waals surface area contributed by atoms with E-state index < -0.39 is 17.7 Å². The number of nitrogens with one attached hydrogen (secondary N) is 1. The molecule has 1 saturated carbocycles. The Morgan fingerprint density at radius 3 is 2.36 bits per heavy atom. The highest BCUT2D eigenvalue weighted by Gasteiger charge is 2.41. The summed E-state index contributed by atoms with van der Waals surface area (Å²) in [5.74, 6) is -0.560. The van der Waals surface area contributed by atoms with Gasteiger partial charge in [-0.25, -0.2) is 0 Å². The number of rotatable bonds is 5. The lowest BCUT2D eigenvalue weighted by atomic mass is 9.77. The lowest BCUT2D eigenvalue weighted by Gasteiger charge is -2.35. The largest absolute Gasteiger partial charge is 0.413 e. The maximum Gasteiger partial charge on any atom is 0.413 e. The van der Waals surface area contributed by atoms with E-state index in [1.165, 1.54) is 19.2 Å². The van der Waals surface area contributed by atoms with Crippen molar-refractivity contribution < 1.29 is 18.0 Å². The third kappa shape index (κ3) is 8.61. The Balaban J connectivity index is 0.000000826. The number of aliphatic imine (C=N–C) groups is 2. The molecule has 1 aromatic rings. The second-order valence-corrected chi connectivity index (χ2v) is 9.01. The first-order chi connectivity index (χ1) is 17.0. The fourth-order valence-electron chi connectivity index (χ4n) is 4.53. The third-order valence-corrected chi connectivity index (χ3v) is 6.34. The van der Waals surface area contributed by atoms with Crippen LogP contribution in [0.25, 0.3) is 0 Å². The number of amides is 1. The summed E-state index contributed by atoms with van der Waals surface area (Å²) in [5, 5.41) is 3.04. The summed E-state index contributed by atoms with van der Waals surface area (Å²) in [6, 6.07) is 7.66. The fraction of sp³-hybridized carbons (Fsp3) is 0.483. The van der Waals surface area contributed by atoms with Gasteiger partial charge in [-0.3, -0.25) is 14.8 Å². The van der Waals surface area contributed by atoms with E-state index in [9.17, 15) is 18.0 Å². The molecular formula is C29H40F3N3O. The second kappa shape index (κ2) is 14.6. The van der Waals surface area contributed by atoms with E-state index in [1.54, 1.807) is 6.20 Å². The minimum atomic E-state index is -4.49. The van der Waals surface area contributed by atoms with Gasteiger partial charge in [0.25, 0.3) is 5.91 Å². The number of benzene rings is 1. The Morgan fingerprint density at radius 1 is 1.22 bits per heavy atom. The summed E-state index contributed by atoms with van der Waals surface area (Å²) in [6.45, 7) is 14.6. The molecule has 1 atom stereocenters. The Morgan fingerprint density at radius 2 is 1.86 bits per heavy atom. The van der Waals surface area contributed by atoms with Gasteiger partial charge in [-0.2, -0.15) is 13.2 Å². The summed E-state index contributed by atoms with van der Waals surface area (Å²) in [4.78, 5) is 20.6. The van der Waals surface area contributed by atoms with Crippen LogP contribution in [0.3, 0.4) is 0 Å². The fourth-order valence-corrected chi connectivity index (χ4v) is 4.53. The Kier molecular flexibility index (Phi) is 12.6. The Bertz CT molecular complexity index is 997. The zero-order valence-corrected chi connectivity index (χ0v) is 22.4. The van der Waals surface area contributed by atoms with Crippen molar-refractivity contribution in [1.82, 2.24) is 5.32 Å². The molecule has 198 valence electrons. The molecule has 0 saturated heterocycles. The average Bonchev–Trinajstić information content (AvgIpc) is 3.17. The molecule has 1 unspecified atom stereocenters. The van der Waals surface area contributed by atoms with Gasteiger partial charge in [0.05, 0.1) is 6.04 Å². The van der Waals surface area contributed by atoms with Gasteiger partial charge in [-0.1, -0.05) is 75.6 Å². The molecule has 3 rings (SSSR count). The molecule has 1 amide bonds. The molecule has 0 spiro atoms. The molecule has 36 heavy (non-hydrogen) atoms. The topological polar surface area (TPSA) is 53.8 Å². The molecule has 1 aromatic carbocycles. The highest BCUT2D eigenvalue weighted by molar-refractivity contribution is 6.45. The molecule has 1 heterocycles. The van der Waals surface area contributed by atoms with Crippen LogP contribution in [0.1, 0.15) is 83.9 Å². The summed E-state index contributed by atoms with van der Waals surface area (Å²) >= 11 is 0. The predicted molar refractivity (Wildman–Crippen MR) is 144 cm³/mol. The number of carbonyl (C=O) groups is 1. The van der Waals surface area contributed by atoms with Crippen LogP contribution in [0.2, 0.25) is 0 Å². The van der Waals surface area contributed by atoms with Crippen molar-refractivity contribution in [2.24, 2.45) is 15.4 Å². The van der Waals surface area contributed by atoms with E-state index in [0.717, 1.165) is 36.8 Å². The number of hydrogen-bond donors (Lipinski definition) is 1. The highest BCUT2D eigenvalue weighted by atomic mass is 19.4.